The van der Waals surface area contributed by atoms with Gasteiger partial charge in [-0.1, -0.05) is 0 Å². The minimum absolute atomic E-state index is 0.900. The maximum absolute atomic E-state index is 7.50. The Morgan fingerprint density at radius 1 is 0.781 bits per heavy atom. The van der Waals surface area contributed by atoms with Gasteiger partial charge in [0.1, 0.15) is 0 Å². The molecule has 0 aliphatic carbocycles. The Bertz CT molecular complexity index is 852. The first kappa shape index (κ1) is 36.2. The number of unbranched alkanes of at least 4 members (excludes halogenated alkanes) is 1. The summed E-state index contributed by atoms with van der Waals surface area (Å²) in [5.41, 5.74) is 2.28. The standard InChI is InChI=1S/C20H19N.5CO.Cr/c1-4-11-19(12-5-1)15-8-3-9-17-21-18-10-16-20-13-6-2-7-14-20;5*1-2;/h1-2,4-7,10-14,16,21H,3,9,17H2;;;;;;/b16-10+;;;;;;. The summed E-state index contributed by atoms with van der Waals surface area (Å²) in [5, 5.41) is 3.36. The van der Waals surface area contributed by atoms with E-state index in [1.54, 1.807) is 0 Å². The van der Waals surface area contributed by atoms with Crippen LogP contribution in [0.5, 0.6) is 0 Å². The van der Waals surface area contributed by atoms with Crippen LogP contribution in [0, 0.1) is 45.1 Å². The van der Waals surface area contributed by atoms with E-state index in [4.69, 9.17) is 23.3 Å². The summed E-state index contributed by atoms with van der Waals surface area (Å²) >= 11 is 3.05. The van der Waals surface area contributed by atoms with Crippen LogP contribution in [0.1, 0.15) is 24.0 Å². The number of hydrogen-bond donors (Lipinski definition) is 1. The van der Waals surface area contributed by atoms with E-state index in [1.807, 2.05) is 48.5 Å². The zero-order valence-electron chi connectivity index (χ0n) is 17.0. The van der Waals surface area contributed by atoms with Crippen LogP contribution in [-0.2, 0) is 39.1 Å². The van der Waals surface area contributed by atoms with Gasteiger partial charge in [-0.2, -0.15) is 0 Å². The third-order valence-corrected chi connectivity index (χ3v) is 3.45. The van der Waals surface area contributed by atoms with E-state index in [1.165, 1.54) is 5.56 Å². The molecule has 0 radical (unpaired) electrons. The molecular formula is C25H19CrNO5. The summed E-state index contributed by atoms with van der Waals surface area (Å²) in [7, 11) is 0. The van der Waals surface area contributed by atoms with Crippen molar-refractivity contribution >= 4 is 10.6 Å². The van der Waals surface area contributed by atoms with E-state index in [0.717, 1.165) is 29.5 Å². The van der Waals surface area contributed by atoms with E-state index in [-0.39, 0.29) is 0 Å². The van der Waals surface area contributed by atoms with E-state index < -0.39 is 0 Å². The molecular weight excluding hydrogens is 446 g/mol. The van der Waals surface area contributed by atoms with Gasteiger partial charge in [-0.25, -0.2) is 0 Å². The molecule has 2 aromatic carbocycles. The number of benzene rings is 2. The summed E-state index contributed by atoms with van der Waals surface area (Å²) in [6.07, 6.45) is 6.08. The van der Waals surface area contributed by atoms with Gasteiger partial charge in [0, 0.05) is 0 Å². The molecule has 6 nitrogen and oxygen atoms in total. The molecule has 0 aliphatic heterocycles. The van der Waals surface area contributed by atoms with Gasteiger partial charge in [-0.3, -0.25) is 0 Å². The van der Waals surface area contributed by atoms with Crippen LogP contribution >= 0.6 is 0 Å². The molecule has 2 aromatic rings. The number of hydrogen-bond acceptors (Lipinski definition) is 1. The van der Waals surface area contributed by atoms with Crippen LogP contribution < -0.4 is 5.32 Å². The first-order valence-electron chi connectivity index (χ1n) is 8.41. The van der Waals surface area contributed by atoms with Gasteiger partial charge >= 0.3 is 197 Å². The van der Waals surface area contributed by atoms with Gasteiger partial charge in [0.15, 0.2) is 0 Å². The van der Waals surface area contributed by atoms with E-state index >= 15 is 0 Å². The number of rotatable bonds is 6. The summed E-state index contributed by atoms with van der Waals surface area (Å²) in [5.74, 6) is 6.38. The second-order valence-corrected chi connectivity index (χ2v) is 5.49. The predicted octanol–water partition coefficient (Wildman–Crippen LogP) is 3.61. The van der Waals surface area contributed by atoms with Crippen LogP contribution in [0.15, 0.2) is 66.7 Å². The molecule has 0 saturated carbocycles. The summed E-state index contributed by atoms with van der Waals surface area (Å²) in [6.45, 7) is 23.4. The normalized spacial score (nSPS) is 7.31. The Kier molecular flexibility index (Phi) is 39.9. The molecule has 0 atom stereocenters. The second kappa shape index (κ2) is 35.3. The molecule has 0 amide bonds. The predicted molar refractivity (Wildman–Crippen MR) is 111 cm³/mol. The van der Waals surface area contributed by atoms with Crippen molar-refractivity contribution in [2.24, 2.45) is 0 Å². The molecule has 0 aromatic heterocycles. The summed E-state index contributed by atoms with van der Waals surface area (Å²) in [6, 6.07) is 20.4. The molecule has 2 rings (SSSR count). The van der Waals surface area contributed by atoms with Crippen molar-refractivity contribution in [1.29, 1.82) is 0 Å². The fourth-order valence-electron chi connectivity index (χ4n) is 1.87. The molecule has 0 heterocycles. The first-order chi connectivity index (χ1) is 15.8. The summed E-state index contributed by atoms with van der Waals surface area (Å²) in [4.78, 5) is 0. The van der Waals surface area contributed by atoms with Gasteiger partial charge in [-0.05, 0) is 0 Å². The summed E-state index contributed by atoms with van der Waals surface area (Å²) < 4.78 is 38.6. The molecule has 0 aliphatic rings. The van der Waals surface area contributed by atoms with Crippen molar-refractivity contribution in [3.05, 3.63) is 111 Å². The Hall–Kier alpha value is -3.20. The van der Waals surface area contributed by atoms with Crippen molar-refractivity contribution in [2.75, 3.05) is 6.54 Å². The maximum atomic E-state index is 7.50. The second-order valence-electron chi connectivity index (χ2n) is 4.81. The van der Waals surface area contributed by atoms with E-state index in [9.17, 15) is 0 Å². The monoisotopic (exact) mass is 465 g/mol. The van der Waals surface area contributed by atoms with Crippen LogP contribution in [0.25, 0.3) is 6.08 Å². The fraction of sp³-hybridized carbons (Fsp3) is 0.120. The molecule has 0 spiro atoms. The third-order valence-electron chi connectivity index (χ3n) is 3.01. The van der Waals surface area contributed by atoms with Crippen molar-refractivity contribution in [3.63, 3.8) is 0 Å². The first-order valence-corrected chi connectivity index (χ1v) is 9.05. The molecule has 0 fully saturated rings. The van der Waals surface area contributed by atoms with E-state index in [2.05, 4.69) is 90.5 Å². The van der Waals surface area contributed by atoms with Gasteiger partial charge < -0.3 is 0 Å². The third kappa shape index (κ3) is 24.8. The van der Waals surface area contributed by atoms with Crippen LogP contribution in [-0.4, -0.2) is 11.0 Å². The SMILES string of the molecule is [C-]#[O+].[C-]#[O+].[C-]#[O+].[C-]#[O+].[C-]#[O+].[Cr]=[C](/C=C/c1ccccc1)NCCCC#Cc1ccccc1. The molecule has 0 unspecified atom stereocenters. The van der Waals surface area contributed by atoms with Gasteiger partial charge in [-0.15, -0.1) is 0 Å². The van der Waals surface area contributed by atoms with Crippen molar-refractivity contribution in [3.8, 4) is 11.8 Å². The average molecular weight is 465 g/mol. The zero-order chi connectivity index (χ0) is 25.5. The molecule has 0 bridgehead atoms. The molecule has 0 saturated heterocycles. The van der Waals surface area contributed by atoms with Crippen molar-refractivity contribution in [2.45, 2.75) is 12.8 Å². The topological polar surface area (TPSA) is 112 Å². The molecule has 160 valence electrons. The van der Waals surface area contributed by atoms with Crippen molar-refractivity contribution < 1.29 is 39.1 Å². The minimum atomic E-state index is 0.900. The molecule has 7 heteroatoms. The van der Waals surface area contributed by atoms with E-state index in [0.29, 0.717) is 0 Å². The van der Waals surface area contributed by atoms with Crippen LogP contribution in [0.2, 0.25) is 0 Å². The zero-order valence-corrected chi connectivity index (χ0v) is 18.3. The van der Waals surface area contributed by atoms with Gasteiger partial charge in [0.25, 0.3) is 0 Å². The Labute approximate surface area is 197 Å². The van der Waals surface area contributed by atoms with Crippen LogP contribution in [0.3, 0.4) is 0 Å². The van der Waals surface area contributed by atoms with Crippen LogP contribution in [0.4, 0.5) is 0 Å². The fourth-order valence-corrected chi connectivity index (χ4v) is 2.14. The van der Waals surface area contributed by atoms with Crippen molar-refractivity contribution in [1.82, 2.24) is 5.32 Å². The van der Waals surface area contributed by atoms with Gasteiger partial charge in [0.2, 0.25) is 0 Å². The Morgan fingerprint density at radius 3 is 1.75 bits per heavy atom. The average Bonchev–Trinajstić information content (AvgIpc) is 2.92. The molecule has 32 heavy (non-hydrogen) atoms. The quantitative estimate of drug-likeness (QED) is 0.299. The molecule has 1 N–H and O–H groups in total. The number of nitrogens with one attached hydrogen (secondary N) is 1. The Morgan fingerprint density at radius 2 is 1.25 bits per heavy atom. The van der Waals surface area contributed by atoms with Gasteiger partial charge in [0.05, 0.1) is 0 Å². The Balaban J connectivity index is -0.000000345.